The number of nitrogens with zero attached hydrogens (tertiary/aromatic N) is 3. The summed E-state index contributed by atoms with van der Waals surface area (Å²) >= 11 is 0. The Kier molecular flexibility index (Phi) is 6.08. The van der Waals surface area contributed by atoms with Crippen molar-refractivity contribution in [3.8, 4) is 0 Å². The molecule has 2 aliphatic heterocycles. The fraction of sp³-hybridized carbons (Fsp3) is 0.435. The van der Waals surface area contributed by atoms with Crippen LogP contribution in [-0.2, 0) is 0 Å². The molecule has 2 aromatic rings. The van der Waals surface area contributed by atoms with Gasteiger partial charge in [-0.15, -0.1) is 0 Å². The second-order valence-corrected chi connectivity index (χ2v) is 7.86. The van der Waals surface area contributed by atoms with Gasteiger partial charge in [0.25, 0.3) is 11.8 Å². The molecular weight excluding hydrogens is 364 g/mol. The van der Waals surface area contributed by atoms with Crippen molar-refractivity contribution in [2.45, 2.75) is 38.5 Å². The molecule has 4 rings (SSSR count). The topological polar surface area (TPSA) is 65.5 Å². The zero-order chi connectivity index (χ0) is 20.1. The van der Waals surface area contributed by atoms with Crippen LogP contribution in [0.15, 0.2) is 42.7 Å². The molecule has 6 nitrogen and oxygen atoms in total. The van der Waals surface area contributed by atoms with Crippen LogP contribution in [0, 0.1) is 0 Å². The van der Waals surface area contributed by atoms with Crippen LogP contribution in [0.1, 0.15) is 59.2 Å². The first kappa shape index (κ1) is 19.4. The number of anilines is 2. The molecule has 1 aromatic carbocycles. The lowest BCUT2D eigenvalue weighted by atomic mass is 10.1. The molecule has 0 aliphatic carbocycles. The van der Waals surface area contributed by atoms with Gasteiger partial charge in [-0.25, -0.2) is 0 Å². The maximum absolute atomic E-state index is 12.8. The van der Waals surface area contributed by atoms with E-state index in [0.717, 1.165) is 44.7 Å². The minimum atomic E-state index is -0.253. The number of benzene rings is 1. The lowest BCUT2D eigenvalue weighted by Gasteiger charge is -2.20. The van der Waals surface area contributed by atoms with E-state index >= 15 is 0 Å². The largest absolute Gasteiger partial charge is 0.372 e. The summed E-state index contributed by atoms with van der Waals surface area (Å²) in [5.74, 6) is -0.291. The van der Waals surface area contributed by atoms with Crippen LogP contribution in [0.4, 0.5) is 11.4 Å². The van der Waals surface area contributed by atoms with Crippen molar-refractivity contribution in [2.75, 3.05) is 36.4 Å². The average Bonchev–Trinajstić information content (AvgIpc) is 3.16. The number of rotatable bonds is 4. The molecule has 2 amide bonds. The molecule has 6 heteroatoms. The molecule has 0 saturated carbocycles. The lowest BCUT2D eigenvalue weighted by Crippen LogP contribution is -2.32. The van der Waals surface area contributed by atoms with E-state index in [1.54, 1.807) is 12.3 Å². The Bertz CT molecular complexity index is 851. The number of aromatic nitrogens is 1. The zero-order valence-corrected chi connectivity index (χ0v) is 16.8. The highest BCUT2D eigenvalue weighted by molar-refractivity contribution is 6.05. The number of hydrogen-bond donors (Lipinski definition) is 1. The minimum absolute atomic E-state index is 0.0379. The van der Waals surface area contributed by atoms with Crippen molar-refractivity contribution in [3.63, 3.8) is 0 Å². The lowest BCUT2D eigenvalue weighted by molar-refractivity contribution is 0.0761. The van der Waals surface area contributed by atoms with E-state index < -0.39 is 0 Å². The Labute approximate surface area is 171 Å². The van der Waals surface area contributed by atoms with Crippen molar-refractivity contribution in [1.29, 1.82) is 0 Å². The third kappa shape index (κ3) is 4.75. The summed E-state index contributed by atoms with van der Waals surface area (Å²) in [7, 11) is 0. The van der Waals surface area contributed by atoms with Gasteiger partial charge in [-0.05, 0) is 56.0 Å². The summed E-state index contributed by atoms with van der Waals surface area (Å²) in [5.41, 5.74) is 2.80. The molecule has 29 heavy (non-hydrogen) atoms. The van der Waals surface area contributed by atoms with E-state index in [9.17, 15) is 9.59 Å². The Morgan fingerprint density at radius 1 is 0.793 bits per heavy atom. The van der Waals surface area contributed by atoms with E-state index in [0.29, 0.717) is 11.1 Å². The van der Waals surface area contributed by atoms with Gasteiger partial charge in [0, 0.05) is 49.9 Å². The van der Waals surface area contributed by atoms with E-state index in [-0.39, 0.29) is 11.8 Å². The first-order valence-electron chi connectivity index (χ1n) is 10.6. The number of nitrogens with one attached hydrogen (secondary N) is 1. The van der Waals surface area contributed by atoms with Gasteiger partial charge in [0.05, 0.1) is 11.1 Å². The van der Waals surface area contributed by atoms with E-state index in [1.165, 1.54) is 37.6 Å². The van der Waals surface area contributed by atoms with E-state index in [2.05, 4.69) is 15.2 Å². The van der Waals surface area contributed by atoms with Gasteiger partial charge in [0.15, 0.2) is 0 Å². The molecule has 0 bridgehead atoms. The highest BCUT2D eigenvalue weighted by atomic mass is 16.2. The normalized spacial score (nSPS) is 17.1. The van der Waals surface area contributed by atoms with Gasteiger partial charge in [-0.3, -0.25) is 14.6 Å². The van der Waals surface area contributed by atoms with E-state index in [4.69, 9.17) is 0 Å². The second-order valence-electron chi connectivity index (χ2n) is 7.86. The van der Waals surface area contributed by atoms with Crippen molar-refractivity contribution in [3.05, 3.63) is 53.9 Å². The number of amides is 2. The van der Waals surface area contributed by atoms with Crippen LogP contribution < -0.4 is 10.2 Å². The molecule has 3 heterocycles. The van der Waals surface area contributed by atoms with Gasteiger partial charge in [-0.2, -0.15) is 0 Å². The van der Waals surface area contributed by atoms with Crippen LogP contribution >= 0.6 is 0 Å². The summed E-state index contributed by atoms with van der Waals surface area (Å²) in [6.45, 7) is 3.74. The predicted molar refractivity (Wildman–Crippen MR) is 114 cm³/mol. The first-order valence-corrected chi connectivity index (χ1v) is 10.6. The summed E-state index contributed by atoms with van der Waals surface area (Å²) in [6, 6.07) is 9.57. The third-order valence-electron chi connectivity index (χ3n) is 5.74. The SMILES string of the molecule is O=C(Nc1ccc(N2CCCC2)cc1)c1cncc(C(=O)N2CCCCCC2)c1. The van der Waals surface area contributed by atoms with Gasteiger partial charge < -0.3 is 15.1 Å². The summed E-state index contributed by atoms with van der Waals surface area (Å²) in [5, 5.41) is 2.91. The first-order chi connectivity index (χ1) is 14.2. The fourth-order valence-corrected chi connectivity index (χ4v) is 4.07. The van der Waals surface area contributed by atoms with Crippen molar-refractivity contribution >= 4 is 23.2 Å². The number of likely N-dealkylation sites (tertiary alicyclic amines) is 1. The minimum Gasteiger partial charge on any atom is -0.372 e. The third-order valence-corrected chi connectivity index (χ3v) is 5.74. The van der Waals surface area contributed by atoms with Crippen LogP contribution in [0.5, 0.6) is 0 Å². The Morgan fingerprint density at radius 2 is 1.41 bits per heavy atom. The molecule has 0 radical (unpaired) electrons. The molecule has 0 atom stereocenters. The summed E-state index contributed by atoms with van der Waals surface area (Å²) in [6.07, 6.45) is 9.93. The van der Waals surface area contributed by atoms with Gasteiger partial charge in [0.1, 0.15) is 0 Å². The molecule has 152 valence electrons. The molecule has 2 saturated heterocycles. The Hall–Kier alpha value is -2.89. The molecule has 1 N–H and O–H groups in total. The summed E-state index contributed by atoms with van der Waals surface area (Å²) < 4.78 is 0. The highest BCUT2D eigenvalue weighted by Crippen LogP contribution is 2.22. The van der Waals surface area contributed by atoms with Gasteiger partial charge in [-0.1, -0.05) is 12.8 Å². The van der Waals surface area contributed by atoms with E-state index in [1.807, 2.05) is 29.2 Å². The van der Waals surface area contributed by atoms with Gasteiger partial charge >= 0.3 is 0 Å². The molecule has 0 spiro atoms. The maximum atomic E-state index is 12.8. The molecule has 2 fully saturated rings. The number of carbonyl (C=O) groups is 2. The smallest absolute Gasteiger partial charge is 0.257 e. The monoisotopic (exact) mass is 392 g/mol. The van der Waals surface area contributed by atoms with Crippen LogP contribution in [0.2, 0.25) is 0 Å². The summed E-state index contributed by atoms with van der Waals surface area (Å²) in [4.78, 5) is 33.8. The highest BCUT2D eigenvalue weighted by Gasteiger charge is 2.19. The molecule has 1 aromatic heterocycles. The van der Waals surface area contributed by atoms with Crippen LogP contribution in [0.3, 0.4) is 0 Å². The predicted octanol–water partition coefficient (Wildman–Crippen LogP) is 3.95. The standard InChI is InChI=1S/C23H28N4O2/c28-22(25-20-7-9-21(10-8-20)26-11-5-6-12-26)18-15-19(17-24-16-18)23(29)27-13-3-1-2-4-14-27/h7-10,15-17H,1-6,11-14H2,(H,25,28). The molecule has 0 unspecified atom stereocenters. The zero-order valence-electron chi connectivity index (χ0n) is 16.8. The van der Waals surface area contributed by atoms with Crippen molar-refractivity contribution in [1.82, 2.24) is 9.88 Å². The average molecular weight is 393 g/mol. The van der Waals surface area contributed by atoms with Crippen LogP contribution in [-0.4, -0.2) is 47.9 Å². The number of hydrogen-bond acceptors (Lipinski definition) is 4. The Balaban J connectivity index is 1.42. The number of carbonyl (C=O) groups excluding carboxylic acids is 2. The van der Waals surface area contributed by atoms with Gasteiger partial charge in [0.2, 0.25) is 0 Å². The molecular formula is C23H28N4O2. The Morgan fingerprint density at radius 3 is 2.10 bits per heavy atom. The van der Waals surface area contributed by atoms with Crippen molar-refractivity contribution in [2.24, 2.45) is 0 Å². The fourth-order valence-electron chi connectivity index (χ4n) is 4.07. The molecule has 2 aliphatic rings. The maximum Gasteiger partial charge on any atom is 0.257 e. The van der Waals surface area contributed by atoms with Crippen LogP contribution in [0.25, 0.3) is 0 Å². The van der Waals surface area contributed by atoms with Crippen molar-refractivity contribution < 1.29 is 9.59 Å². The number of pyridine rings is 1. The quantitative estimate of drug-likeness (QED) is 0.856. The second kappa shape index (κ2) is 9.07.